The number of aromatic amines is 1. The minimum atomic E-state index is -0.488. The average Bonchev–Trinajstić information content (AvgIpc) is 3.49. The first-order valence-electron chi connectivity index (χ1n) is 11.8. The van der Waals surface area contributed by atoms with Crippen molar-refractivity contribution in [3.05, 3.63) is 88.7 Å². The van der Waals surface area contributed by atoms with Gasteiger partial charge in [-0.1, -0.05) is 56.3 Å². The van der Waals surface area contributed by atoms with Gasteiger partial charge in [-0.25, -0.2) is 0 Å². The standard InChI is InChI=1S/C27H34N4O2/c1-18(2)25-16-23(29-30-25)17-31(3)27(33)21-11-9-19(10-12-21)15-22-13-14-24(28-22)26(32)20-7-5-4-6-8-20/h4-12,16,18,22,24,26,28,32H,13-15,17H2,1-3H3,(H,29,30). The summed E-state index contributed by atoms with van der Waals surface area (Å²) in [6.07, 6.45) is 2.38. The Morgan fingerprint density at radius 2 is 1.85 bits per heavy atom. The maximum absolute atomic E-state index is 12.8. The summed E-state index contributed by atoms with van der Waals surface area (Å²) in [6, 6.07) is 20.2. The first kappa shape index (κ1) is 23.2. The van der Waals surface area contributed by atoms with E-state index >= 15 is 0 Å². The smallest absolute Gasteiger partial charge is 0.253 e. The molecule has 1 amide bonds. The Morgan fingerprint density at radius 3 is 2.52 bits per heavy atom. The summed E-state index contributed by atoms with van der Waals surface area (Å²) in [4.78, 5) is 14.6. The number of hydrogen-bond acceptors (Lipinski definition) is 4. The van der Waals surface area contributed by atoms with Crippen LogP contribution in [0.5, 0.6) is 0 Å². The van der Waals surface area contributed by atoms with Crippen LogP contribution < -0.4 is 5.32 Å². The molecule has 1 fully saturated rings. The Labute approximate surface area is 196 Å². The predicted molar refractivity (Wildman–Crippen MR) is 130 cm³/mol. The van der Waals surface area contributed by atoms with Crippen molar-refractivity contribution in [2.24, 2.45) is 0 Å². The number of H-pyrrole nitrogens is 1. The molecule has 1 aliphatic heterocycles. The molecule has 3 aromatic rings. The van der Waals surface area contributed by atoms with Crippen molar-refractivity contribution in [2.75, 3.05) is 7.05 Å². The molecule has 33 heavy (non-hydrogen) atoms. The fourth-order valence-corrected chi connectivity index (χ4v) is 4.51. The van der Waals surface area contributed by atoms with Crippen molar-refractivity contribution in [1.82, 2.24) is 20.4 Å². The van der Waals surface area contributed by atoms with Crippen LogP contribution >= 0.6 is 0 Å². The van der Waals surface area contributed by atoms with Gasteiger partial charge in [0.2, 0.25) is 0 Å². The lowest BCUT2D eigenvalue weighted by Gasteiger charge is -2.20. The predicted octanol–water partition coefficient (Wildman–Crippen LogP) is 4.20. The third-order valence-corrected chi connectivity index (χ3v) is 6.48. The molecule has 2 heterocycles. The maximum Gasteiger partial charge on any atom is 0.253 e. The number of aliphatic hydroxyl groups excluding tert-OH is 1. The van der Waals surface area contributed by atoms with Gasteiger partial charge in [-0.05, 0) is 54.5 Å². The van der Waals surface area contributed by atoms with Crippen molar-refractivity contribution in [3.8, 4) is 0 Å². The summed E-state index contributed by atoms with van der Waals surface area (Å²) in [5.41, 5.74) is 4.77. The molecule has 174 valence electrons. The van der Waals surface area contributed by atoms with E-state index in [4.69, 9.17) is 0 Å². The average molecular weight is 447 g/mol. The van der Waals surface area contributed by atoms with Crippen molar-refractivity contribution in [3.63, 3.8) is 0 Å². The van der Waals surface area contributed by atoms with Gasteiger partial charge in [-0.2, -0.15) is 5.10 Å². The molecule has 2 aromatic carbocycles. The summed E-state index contributed by atoms with van der Waals surface area (Å²) in [5, 5.41) is 21.6. The molecule has 0 spiro atoms. The van der Waals surface area contributed by atoms with Crippen LogP contribution in [0.15, 0.2) is 60.7 Å². The highest BCUT2D eigenvalue weighted by molar-refractivity contribution is 5.94. The van der Waals surface area contributed by atoms with Gasteiger partial charge in [0.05, 0.1) is 24.0 Å². The third kappa shape index (κ3) is 5.70. The second-order valence-corrected chi connectivity index (χ2v) is 9.44. The monoisotopic (exact) mass is 446 g/mol. The molecule has 0 bridgehead atoms. The molecule has 0 saturated carbocycles. The Morgan fingerprint density at radius 1 is 1.12 bits per heavy atom. The Bertz CT molecular complexity index is 1050. The van der Waals surface area contributed by atoms with E-state index in [1.165, 1.54) is 5.56 Å². The van der Waals surface area contributed by atoms with E-state index < -0.39 is 6.10 Å². The zero-order valence-corrected chi connectivity index (χ0v) is 19.7. The molecule has 4 rings (SSSR count). The molecule has 3 N–H and O–H groups in total. The van der Waals surface area contributed by atoms with Gasteiger partial charge in [0, 0.05) is 24.7 Å². The van der Waals surface area contributed by atoms with Crippen molar-refractivity contribution >= 4 is 5.91 Å². The number of hydrogen-bond donors (Lipinski definition) is 3. The van der Waals surface area contributed by atoms with Crippen molar-refractivity contribution in [1.29, 1.82) is 0 Å². The molecule has 0 aliphatic carbocycles. The highest BCUT2D eigenvalue weighted by Crippen LogP contribution is 2.26. The molecule has 6 nitrogen and oxygen atoms in total. The van der Waals surface area contributed by atoms with Crippen LogP contribution in [0, 0.1) is 0 Å². The zero-order valence-electron chi connectivity index (χ0n) is 19.7. The van der Waals surface area contributed by atoms with Gasteiger partial charge in [-0.3, -0.25) is 9.89 Å². The van der Waals surface area contributed by atoms with Crippen LogP contribution in [0.2, 0.25) is 0 Å². The molecule has 3 unspecified atom stereocenters. The summed E-state index contributed by atoms with van der Waals surface area (Å²) >= 11 is 0. The van der Waals surface area contributed by atoms with E-state index in [0.717, 1.165) is 36.2 Å². The molecule has 1 aromatic heterocycles. The number of aromatic nitrogens is 2. The van der Waals surface area contributed by atoms with Crippen LogP contribution in [0.25, 0.3) is 0 Å². The van der Waals surface area contributed by atoms with Crippen molar-refractivity contribution in [2.45, 2.75) is 63.8 Å². The molecule has 1 aliphatic rings. The summed E-state index contributed by atoms with van der Waals surface area (Å²) in [7, 11) is 1.81. The molecule has 6 heteroatoms. The van der Waals surface area contributed by atoms with Gasteiger partial charge >= 0.3 is 0 Å². The number of aliphatic hydroxyl groups is 1. The van der Waals surface area contributed by atoms with E-state index in [9.17, 15) is 9.90 Å². The second-order valence-electron chi connectivity index (χ2n) is 9.44. The van der Waals surface area contributed by atoms with Gasteiger partial charge in [-0.15, -0.1) is 0 Å². The summed E-state index contributed by atoms with van der Waals surface area (Å²) in [5.74, 6) is 0.349. The first-order valence-corrected chi connectivity index (χ1v) is 11.8. The summed E-state index contributed by atoms with van der Waals surface area (Å²) in [6.45, 7) is 4.70. The lowest BCUT2D eigenvalue weighted by molar-refractivity contribution is 0.0783. The Hall–Kier alpha value is -2.96. The number of amides is 1. The maximum atomic E-state index is 12.8. The van der Waals surface area contributed by atoms with Gasteiger partial charge in [0.15, 0.2) is 0 Å². The topological polar surface area (TPSA) is 81.3 Å². The minimum Gasteiger partial charge on any atom is -0.387 e. The van der Waals surface area contributed by atoms with Crippen LogP contribution in [0.4, 0.5) is 0 Å². The fraction of sp³-hybridized carbons (Fsp3) is 0.407. The normalized spacial score (nSPS) is 19.1. The molecular weight excluding hydrogens is 412 g/mol. The van der Waals surface area contributed by atoms with E-state index in [0.29, 0.717) is 24.1 Å². The van der Waals surface area contributed by atoms with Gasteiger partial charge in [0.25, 0.3) is 5.91 Å². The number of rotatable bonds is 8. The molecule has 1 saturated heterocycles. The quantitative estimate of drug-likeness (QED) is 0.484. The lowest BCUT2D eigenvalue weighted by atomic mass is 10.0. The largest absolute Gasteiger partial charge is 0.387 e. The Kier molecular flexibility index (Phi) is 7.26. The number of nitrogens with one attached hydrogen (secondary N) is 2. The van der Waals surface area contributed by atoms with Crippen LogP contribution in [0.3, 0.4) is 0 Å². The molecular formula is C27H34N4O2. The number of benzene rings is 2. The van der Waals surface area contributed by atoms with E-state index in [2.05, 4.69) is 29.4 Å². The highest BCUT2D eigenvalue weighted by atomic mass is 16.3. The third-order valence-electron chi connectivity index (χ3n) is 6.48. The van der Waals surface area contributed by atoms with Crippen LogP contribution in [0.1, 0.15) is 71.6 Å². The highest BCUT2D eigenvalue weighted by Gasteiger charge is 2.29. The van der Waals surface area contributed by atoms with Gasteiger partial charge in [0.1, 0.15) is 0 Å². The van der Waals surface area contributed by atoms with Crippen LogP contribution in [-0.2, 0) is 13.0 Å². The number of nitrogens with zero attached hydrogens (tertiary/aromatic N) is 2. The minimum absolute atomic E-state index is 0.00714. The molecule has 3 atom stereocenters. The fourth-order valence-electron chi connectivity index (χ4n) is 4.51. The lowest BCUT2D eigenvalue weighted by Crippen LogP contribution is -2.35. The van der Waals surface area contributed by atoms with E-state index in [1.807, 2.05) is 67.7 Å². The van der Waals surface area contributed by atoms with E-state index in [1.54, 1.807) is 4.90 Å². The number of carbonyl (C=O) groups is 1. The van der Waals surface area contributed by atoms with Crippen molar-refractivity contribution < 1.29 is 9.90 Å². The SMILES string of the molecule is CC(C)c1cc(CN(C)C(=O)c2ccc(CC3CCC(C(O)c4ccccc4)N3)cc2)[nH]n1. The molecule has 0 radical (unpaired) electrons. The number of carbonyl (C=O) groups excluding carboxylic acids is 1. The first-order chi connectivity index (χ1) is 15.9. The summed E-state index contributed by atoms with van der Waals surface area (Å²) < 4.78 is 0. The second kappa shape index (κ2) is 10.3. The van der Waals surface area contributed by atoms with E-state index in [-0.39, 0.29) is 11.9 Å². The van der Waals surface area contributed by atoms with Crippen LogP contribution in [-0.4, -0.2) is 45.2 Å². The van der Waals surface area contributed by atoms with Gasteiger partial charge < -0.3 is 15.3 Å². The zero-order chi connectivity index (χ0) is 23.4. The Balaban J connectivity index is 1.30.